The van der Waals surface area contributed by atoms with Crippen LogP contribution in [0.5, 0.6) is 5.75 Å². The topological polar surface area (TPSA) is 84.3 Å². The van der Waals surface area contributed by atoms with Crippen molar-refractivity contribution in [2.45, 2.75) is 45.6 Å². The average Bonchev–Trinajstić information content (AvgIpc) is 3.15. The van der Waals surface area contributed by atoms with Crippen molar-refractivity contribution in [2.24, 2.45) is 0 Å². The Morgan fingerprint density at radius 2 is 1.97 bits per heavy atom. The highest BCUT2D eigenvalue weighted by Gasteiger charge is 2.25. The first kappa shape index (κ1) is 24.1. The number of carboxylic acids is 1. The van der Waals surface area contributed by atoms with E-state index in [-0.39, 0.29) is 17.7 Å². The van der Waals surface area contributed by atoms with Gasteiger partial charge in [0.15, 0.2) is 0 Å². The molecule has 0 bridgehead atoms. The van der Waals surface area contributed by atoms with Gasteiger partial charge in [-0.3, -0.25) is 0 Å². The number of aromatic nitrogens is 2. The lowest BCUT2D eigenvalue weighted by molar-refractivity contribution is 0.0673. The number of hydrogen-bond acceptors (Lipinski definition) is 6. The molecule has 36 heavy (non-hydrogen) atoms. The second kappa shape index (κ2) is 9.81. The molecule has 1 saturated carbocycles. The zero-order chi connectivity index (χ0) is 25.4. The molecule has 0 amide bonds. The molecule has 186 valence electrons. The molecule has 0 spiro atoms. The van der Waals surface area contributed by atoms with E-state index in [2.05, 4.69) is 15.3 Å². The van der Waals surface area contributed by atoms with E-state index in [1.54, 1.807) is 23.5 Å². The van der Waals surface area contributed by atoms with Gasteiger partial charge >= 0.3 is 5.97 Å². The first-order valence-corrected chi connectivity index (χ1v) is 12.6. The van der Waals surface area contributed by atoms with Crippen molar-refractivity contribution >= 4 is 33.2 Å². The fourth-order valence-corrected chi connectivity index (χ4v) is 5.58. The summed E-state index contributed by atoms with van der Waals surface area (Å²) in [4.78, 5) is 21.2. The monoisotopic (exact) mass is 509 g/mol. The molecule has 0 radical (unpaired) electrons. The quantitative estimate of drug-likeness (QED) is 0.281. The van der Waals surface area contributed by atoms with Crippen LogP contribution in [0.15, 0.2) is 36.7 Å². The largest absolute Gasteiger partial charge is 0.489 e. The van der Waals surface area contributed by atoms with E-state index in [9.17, 15) is 18.7 Å². The number of aryl methyl sites for hydroxylation is 2. The van der Waals surface area contributed by atoms with E-state index in [0.29, 0.717) is 35.4 Å². The summed E-state index contributed by atoms with van der Waals surface area (Å²) in [5.74, 6) is -1.93. The molecule has 5 rings (SSSR count). The molecule has 4 aromatic rings. The molecule has 2 N–H and O–H groups in total. The summed E-state index contributed by atoms with van der Waals surface area (Å²) in [6.07, 6.45) is 4.49. The number of nitrogens with zero attached hydrogens (tertiary/aromatic N) is 2. The lowest BCUT2D eigenvalue weighted by Crippen LogP contribution is -2.25. The number of aromatic carboxylic acids is 1. The predicted octanol–water partition coefficient (Wildman–Crippen LogP) is 6.54. The van der Waals surface area contributed by atoms with Gasteiger partial charge < -0.3 is 15.2 Å². The van der Waals surface area contributed by atoms with Crippen molar-refractivity contribution in [1.29, 1.82) is 0 Å². The number of halogens is 2. The van der Waals surface area contributed by atoms with Crippen molar-refractivity contribution in [3.63, 3.8) is 0 Å². The summed E-state index contributed by atoms with van der Waals surface area (Å²) in [7, 11) is 0. The first-order chi connectivity index (χ1) is 17.3. The SMILES string of the molecule is Cc1sc2c(C)ccc(F)c2c1CCNc1cc(-c2cc(F)c(C(=O)O)c(OC3CCC3)c2)ncn1. The second-order valence-corrected chi connectivity index (χ2v) is 10.2. The molecule has 0 atom stereocenters. The molecule has 9 heteroatoms. The number of carbonyl (C=O) groups is 1. The van der Waals surface area contributed by atoms with Crippen LogP contribution in [0.4, 0.5) is 14.6 Å². The number of fused-ring (bicyclic) bond motifs is 1. The first-order valence-electron chi connectivity index (χ1n) is 11.8. The second-order valence-electron chi connectivity index (χ2n) is 8.98. The average molecular weight is 510 g/mol. The Balaban J connectivity index is 1.36. The molecule has 2 aromatic carbocycles. The van der Waals surface area contributed by atoms with Gasteiger partial charge in [0.05, 0.1) is 11.8 Å². The molecular formula is C27H25F2N3O3S. The number of thiophene rings is 1. The fourth-order valence-electron chi connectivity index (χ4n) is 4.39. The molecule has 1 aliphatic carbocycles. The standard InChI is InChI=1S/C27H25F2N3O3S/c1-14-6-7-19(28)24-18(15(2)36-26(14)24)8-9-30-23-12-21(31-13-32-23)16-10-20(29)25(27(33)34)22(11-16)35-17-4-3-5-17/h6-7,10-13,17H,3-5,8-9H2,1-2H3,(H,33,34)(H,30,31,32). The number of hydrogen-bond donors (Lipinski definition) is 2. The van der Waals surface area contributed by atoms with Crippen molar-refractivity contribution in [3.05, 3.63) is 69.9 Å². The lowest BCUT2D eigenvalue weighted by atomic mass is 9.96. The van der Waals surface area contributed by atoms with Gasteiger partial charge in [-0.15, -0.1) is 11.3 Å². The Labute approximate surface area is 211 Å². The van der Waals surface area contributed by atoms with Crippen molar-refractivity contribution in [2.75, 3.05) is 11.9 Å². The molecule has 0 saturated heterocycles. The Kier molecular flexibility index (Phi) is 6.57. The van der Waals surface area contributed by atoms with Gasteiger partial charge in [0.1, 0.15) is 35.1 Å². The van der Waals surface area contributed by atoms with E-state index < -0.39 is 17.3 Å². The van der Waals surface area contributed by atoms with Gasteiger partial charge in [0, 0.05) is 33.1 Å². The molecular weight excluding hydrogens is 484 g/mol. The van der Waals surface area contributed by atoms with Gasteiger partial charge in [-0.2, -0.15) is 0 Å². The van der Waals surface area contributed by atoms with Crippen molar-refractivity contribution < 1.29 is 23.4 Å². The van der Waals surface area contributed by atoms with E-state index in [0.717, 1.165) is 46.0 Å². The maximum Gasteiger partial charge on any atom is 0.342 e. The van der Waals surface area contributed by atoms with Gasteiger partial charge in [0.2, 0.25) is 0 Å². The molecule has 2 heterocycles. The van der Waals surface area contributed by atoms with Crippen LogP contribution in [0.2, 0.25) is 0 Å². The minimum atomic E-state index is -1.37. The minimum Gasteiger partial charge on any atom is -0.489 e. The summed E-state index contributed by atoms with van der Waals surface area (Å²) in [5, 5.41) is 13.4. The van der Waals surface area contributed by atoms with Crippen LogP contribution in [-0.4, -0.2) is 33.7 Å². The van der Waals surface area contributed by atoms with Crippen LogP contribution in [0, 0.1) is 25.5 Å². The van der Waals surface area contributed by atoms with Crippen LogP contribution in [-0.2, 0) is 6.42 Å². The fraction of sp³-hybridized carbons (Fsp3) is 0.296. The molecule has 1 aliphatic rings. The number of benzene rings is 2. The van der Waals surface area contributed by atoms with E-state index in [1.165, 1.54) is 18.5 Å². The zero-order valence-corrected chi connectivity index (χ0v) is 20.7. The van der Waals surface area contributed by atoms with E-state index in [4.69, 9.17) is 4.74 Å². The normalized spacial score (nSPS) is 13.6. The summed E-state index contributed by atoms with van der Waals surface area (Å²) in [6.45, 7) is 4.50. The highest BCUT2D eigenvalue weighted by Crippen LogP contribution is 2.36. The Morgan fingerprint density at radius 3 is 2.69 bits per heavy atom. The molecule has 0 aliphatic heterocycles. The maximum atomic E-state index is 14.8. The van der Waals surface area contributed by atoms with Crippen LogP contribution in [0.25, 0.3) is 21.3 Å². The third kappa shape index (κ3) is 4.63. The van der Waals surface area contributed by atoms with Crippen LogP contribution in [0.1, 0.15) is 45.6 Å². The number of rotatable bonds is 8. The highest BCUT2D eigenvalue weighted by molar-refractivity contribution is 7.19. The molecule has 2 aromatic heterocycles. The summed E-state index contributed by atoms with van der Waals surface area (Å²) < 4.78 is 36.1. The number of ether oxygens (including phenoxy) is 1. The smallest absolute Gasteiger partial charge is 0.342 e. The number of nitrogens with one attached hydrogen (secondary N) is 1. The third-order valence-corrected chi connectivity index (χ3v) is 7.83. The van der Waals surface area contributed by atoms with E-state index >= 15 is 0 Å². The van der Waals surface area contributed by atoms with Crippen molar-refractivity contribution in [3.8, 4) is 17.0 Å². The Bertz CT molecular complexity index is 1470. The summed E-state index contributed by atoms with van der Waals surface area (Å²) in [5.41, 5.74) is 2.39. The lowest BCUT2D eigenvalue weighted by Gasteiger charge is -2.27. The summed E-state index contributed by atoms with van der Waals surface area (Å²) in [6, 6.07) is 7.64. The Morgan fingerprint density at radius 1 is 1.17 bits per heavy atom. The minimum absolute atomic E-state index is 0.00690. The van der Waals surface area contributed by atoms with Gasteiger partial charge in [-0.25, -0.2) is 23.5 Å². The zero-order valence-electron chi connectivity index (χ0n) is 19.9. The molecule has 0 unspecified atom stereocenters. The number of carboxylic acid groups (broad SMARTS) is 1. The summed E-state index contributed by atoms with van der Waals surface area (Å²) >= 11 is 1.60. The van der Waals surface area contributed by atoms with E-state index in [1.807, 2.05) is 13.8 Å². The van der Waals surface area contributed by atoms with Gasteiger partial charge in [0.25, 0.3) is 0 Å². The van der Waals surface area contributed by atoms with Gasteiger partial charge in [-0.1, -0.05) is 6.07 Å². The van der Waals surface area contributed by atoms with Gasteiger partial charge in [-0.05, 0) is 68.9 Å². The van der Waals surface area contributed by atoms with Crippen LogP contribution in [0.3, 0.4) is 0 Å². The number of anilines is 1. The maximum absolute atomic E-state index is 14.8. The molecule has 6 nitrogen and oxygen atoms in total. The third-order valence-electron chi connectivity index (χ3n) is 6.54. The predicted molar refractivity (Wildman–Crippen MR) is 136 cm³/mol. The Hall–Kier alpha value is -3.59. The van der Waals surface area contributed by atoms with Crippen molar-refractivity contribution in [1.82, 2.24) is 9.97 Å². The highest BCUT2D eigenvalue weighted by atomic mass is 32.1. The van der Waals surface area contributed by atoms with Crippen LogP contribution < -0.4 is 10.1 Å². The van der Waals surface area contributed by atoms with Crippen LogP contribution >= 0.6 is 11.3 Å². The molecule has 1 fully saturated rings.